The summed E-state index contributed by atoms with van der Waals surface area (Å²) in [6, 6.07) is 20.1. The molecule has 2 atom stereocenters. The van der Waals surface area contributed by atoms with Crippen LogP contribution in [0.5, 0.6) is 5.75 Å². The molecule has 0 radical (unpaired) electrons. The Morgan fingerprint density at radius 2 is 1.94 bits per heavy atom. The number of aromatic amines is 1. The number of aromatic nitrogens is 1. The van der Waals surface area contributed by atoms with E-state index in [1.54, 1.807) is 13.4 Å². The van der Waals surface area contributed by atoms with Crippen molar-refractivity contribution in [3.05, 3.63) is 90.0 Å². The molecule has 4 aromatic rings. The Balaban J connectivity index is 1.48. The molecule has 0 spiro atoms. The number of carbonyl (C=O) groups is 1. The van der Waals surface area contributed by atoms with Crippen molar-refractivity contribution in [2.45, 2.75) is 18.9 Å². The summed E-state index contributed by atoms with van der Waals surface area (Å²) in [4.78, 5) is 15.9. The van der Waals surface area contributed by atoms with E-state index in [0.29, 0.717) is 13.1 Å². The van der Waals surface area contributed by atoms with Crippen molar-refractivity contribution in [2.24, 2.45) is 0 Å². The zero-order chi connectivity index (χ0) is 21.6. The molecule has 0 bridgehead atoms. The van der Waals surface area contributed by atoms with Gasteiger partial charge < -0.3 is 24.8 Å². The van der Waals surface area contributed by atoms with Crippen LogP contribution < -0.4 is 15.4 Å². The molecule has 6 heteroatoms. The summed E-state index contributed by atoms with van der Waals surface area (Å²) in [5.74, 6) is 1.69. The van der Waals surface area contributed by atoms with E-state index in [1.807, 2.05) is 54.8 Å². The Morgan fingerprint density at radius 1 is 1.13 bits per heavy atom. The number of rotatable bonds is 9. The van der Waals surface area contributed by atoms with Gasteiger partial charge in [-0.05, 0) is 48.4 Å². The summed E-state index contributed by atoms with van der Waals surface area (Å²) in [6.07, 6.45) is 3.69. The minimum atomic E-state index is -0.00300. The standard InChI is InChI=1S/C25H27N3O3/c1-17(24-8-5-13-31-24)26-16-25(29)28-14-21(18-9-11-19(30-2)12-10-18)22-15-27-23-7-4-3-6-20(22)23/h3-13,15,17,21,26-27H,14,16H2,1-2H3,(H,28,29)/p+1/t17-,21-/m1/s1. The number of fused-ring (bicyclic) bond motifs is 1. The van der Waals surface area contributed by atoms with Crippen molar-refractivity contribution in [2.75, 3.05) is 20.2 Å². The summed E-state index contributed by atoms with van der Waals surface area (Å²) >= 11 is 0. The molecule has 31 heavy (non-hydrogen) atoms. The molecule has 4 rings (SSSR count). The highest BCUT2D eigenvalue weighted by Gasteiger charge is 2.20. The van der Waals surface area contributed by atoms with Crippen LogP contribution >= 0.6 is 0 Å². The molecular weight excluding hydrogens is 390 g/mol. The molecule has 0 saturated heterocycles. The number of nitrogens with one attached hydrogen (secondary N) is 2. The first kappa shape index (κ1) is 20.8. The van der Waals surface area contributed by atoms with Gasteiger partial charge in [0.1, 0.15) is 11.8 Å². The fourth-order valence-electron chi connectivity index (χ4n) is 3.86. The maximum atomic E-state index is 12.6. The van der Waals surface area contributed by atoms with Crippen molar-refractivity contribution >= 4 is 16.8 Å². The average molecular weight is 419 g/mol. The van der Waals surface area contributed by atoms with Crippen molar-refractivity contribution in [1.82, 2.24) is 10.3 Å². The quantitative estimate of drug-likeness (QED) is 0.390. The number of hydrogen-bond donors (Lipinski definition) is 3. The third-order valence-corrected chi connectivity index (χ3v) is 5.67. The first-order valence-electron chi connectivity index (χ1n) is 10.5. The average Bonchev–Trinajstić information content (AvgIpc) is 3.49. The van der Waals surface area contributed by atoms with Crippen LogP contribution in [-0.4, -0.2) is 31.1 Å². The lowest BCUT2D eigenvalue weighted by atomic mass is 9.91. The Kier molecular flexibility index (Phi) is 6.38. The largest absolute Gasteiger partial charge is 0.497 e. The molecule has 0 fully saturated rings. The highest BCUT2D eigenvalue weighted by Crippen LogP contribution is 2.31. The lowest BCUT2D eigenvalue weighted by Gasteiger charge is -2.19. The van der Waals surface area contributed by atoms with Gasteiger partial charge in [0.2, 0.25) is 0 Å². The number of methoxy groups -OCH3 is 1. The summed E-state index contributed by atoms with van der Waals surface area (Å²) in [5.41, 5.74) is 3.37. The first-order valence-corrected chi connectivity index (χ1v) is 10.5. The van der Waals surface area contributed by atoms with Crippen LogP contribution in [0.3, 0.4) is 0 Å². The van der Waals surface area contributed by atoms with Gasteiger partial charge in [-0.25, -0.2) is 0 Å². The molecule has 2 heterocycles. The van der Waals surface area contributed by atoms with Gasteiger partial charge in [-0.1, -0.05) is 30.3 Å². The van der Waals surface area contributed by atoms with E-state index in [-0.39, 0.29) is 17.9 Å². The van der Waals surface area contributed by atoms with E-state index in [2.05, 4.69) is 34.6 Å². The zero-order valence-corrected chi connectivity index (χ0v) is 17.8. The first-order chi connectivity index (χ1) is 15.2. The number of furan rings is 1. The maximum absolute atomic E-state index is 12.6. The Hall–Kier alpha value is -3.51. The summed E-state index contributed by atoms with van der Waals surface area (Å²) in [6.45, 7) is 2.87. The van der Waals surface area contributed by atoms with E-state index in [9.17, 15) is 4.79 Å². The molecule has 0 unspecified atom stereocenters. The molecule has 1 amide bonds. The molecule has 0 saturated carbocycles. The molecule has 2 aromatic heterocycles. The molecule has 0 aliphatic rings. The molecule has 0 aliphatic carbocycles. The Bertz CT molecular complexity index is 1120. The SMILES string of the molecule is COc1ccc([C@@H](CNC(=O)C[NH2+][C@H](C)c2ccco2)c2c[nH]c3ccccc23)cc1. The number of para-hydroxylation sites is 1. The highest BCUT2D eigenvalue weighted by atomic mass is 16.5. The number of carbonyl (C=O) groups excluding carboxylic acids is 1. The van der Waals surface area contributed by atoms with E-state index in [4.69, 9.17) is 9.15 Å². The number of hydrogen-bond acceptors (Lipinski definition) is 3. The normalized spacial score (nSPS) is 13.1. The summed E-state index contributed by atoms with van der Waals surface area (Å²) < 4.78 is 10.7. The van der Waals surface area contributed by atoms with Gasteiger partial charge in [-0.15, -0.1) is 0 Å². The van der Waals surface area contributed by atoms with E-state index >= 15 is 0 Å². The third-order valence-electron chi connectivity index (χ3n) is 5.67. The lowest BCUT2D eigenvalue weighted by molar-refractivity contribution is -0.684. The van der Waals surface area contributed by atoms with Crippen LogP contribution in [0.4, 0.5) is 0 Å². The van der Waals surface area contributed by atoms with Gasteiger partial charge in [-0.2, -0.15) is 0 Å². The van der Waals surface area contributed by atoms with Crippen LogP contribution in [0, 0.1) is 0 Å². The number of quaternary nitrogens is 1. The molecule has 0 aliphatic heterocycles. The van der Waals surface area contributed by atoms with Crippen LogP contribution in [0.15, 0.2) is 77.5 Å². The van der Waals surface area contributed by atoms with Gasteiger partial charge in [0.15, 0.2) is 12.3 Å². The van der Waals surface area contributed by atoms with Gasteiger partial charge in [-0.3, -0.25) is 4.79 Å². The molecule has 6 nitrogen and oxygen atoms in total. The van der Waals surface area contributed by atoms with Gasteiger partial charge in [0, 0.05) is 29.6 Å². The highest BCUT2D eigenvalue weighted by molar-refractivity contribution is 5.84. The number of ether oxygens (including phenoxy) is 1. The van der Waals surface area contributed by atoms with Crippen molar-refractivity contribution in [3.63, 3.8) is 0 Å². The topological polar surface area (TPSA) is 83.9 Å². The van der Waals surface area contributed by atoms with E-state index in [1.165, 1.54) is 0 Å². The van der Waals surface area contributed by atoms with E-state index in [0.717, 1.165) is 33.5 Å². The van der Waals surface area contributed by atoms with Crippen molar-refractivity contribution < 1.29 is 19.3 Å². The number of nitrogens with two attached hydrogens (primary N) is 1. The predicted octanol–water partition coefficient (Wildman–Crippen LogP) is 3.34. The molecule has 160 valence electrons. The van der Waals surface area contributed by atoms with Gasteiger partial charge >= 0.3 is 0 Å². The second-order valence-electron chi connectivity index (χ2n) is 7.66. The molecule has 4 N–H and O–H groups in total. The predicted molar refractivity (Wildman–Crippen MR) is 120 cm³/mol. The van der Waals surface area contributed by atoms with Crippen LogP contribution in [0.1, 0.15) is 35.8 Å². The third kappa shape index (κ3) is 4.81. The van der Waals surface area contributed by atoms with Gasteiger partial charge in [0.05, 0.1) is 13.4 Å². The van der Waals surface area contributed by atoms with Gasteiger partial charge in [0.25, 0.3) is 5.91 Å². The fraction of sp³-hybridized carbons (Fsp3) is 0.240. The summed E-state index contributed by atoms with van der Waals surface area (Å²) in [5, 5.41) is 6.25. The Morgan fingerprint density at radius 3 is 2.68 bits per heavy atom. The number of H-pyrrole nitrogens is 1. The Labute approximate surface area is 181 Å². The zero-order valence-electron chi connectivity index (χ0n) is 17.8. The number of benzene rings is 2. The van der Waals surface area contributed by atoms with E-state index < -0.39 is 0 Å². The lowest BCUT2D eigenvalue weighted by Crippen LogP contribution is -2.87. The van der Waals surface area contributed by atoms with Crippen molar-refractivity contribution in [3.8, 4) is 5.75 Å². The summed E-state index contributed by atoms with van der Waals surface area (Å²) in [7, 11) is 1.66. The van der Waals surface area contributed by atoms with Crippen LogP contribution in [-0.2, 0) is 4.79 Å². The minimum absolute atomic E-state index is 0.00300. The fourth-order valence-corrected chi connectivity index (χ4v) is 3.86. The molecule has 2 aromatic carbocycles. The second kappa shape index (κ2) is 9.53. The molecular formula is C25H28N3O3+. The smallest absolute Gasteiger partial charge is 0.275 e. The second-order valence-corrected chi connectivity index (χ2v) is 7.66. The van der Waals surface area contributed by atoms with Crippen molar-refractivity contribution in [1.29, 1.82) is 0 Å². The maximum Gasteiger partial charge on any atom is 0.275 e. The van der Waals surface area contributed by atoms with Crippen LogP contribution in [0.25, 0.3) is 10.9 Å². The number of amides is 1. The van der Waals surface area contributed by atoms with Crippen LogP contribution in [0.2, 0.25) is 0 Å². The minimum Gasteiger partial charge on any atom is -0.497 e. The monoisotopic (exact) mass is 418 g/mol.